The Bertz CT molecular complexity index is 735. The maximum absolute atomic E-state index is 12.8. The quantitative estimate of drug-likeness (QED) is 0.885. The topological polar surface area (TPSA) is 51.4 Å². The van der Waals surface area contributed by atoms with Gasteiger partial charge in [-0.25, -0.2) is 4.68 Å². The van der Waals surface area contributed by atoms with Crippen molar-refractivity contribution in [2.24, 2.45) is 7.05 Å². The molecular formula is C18H26N4O2. The summed E-state index contributed by atoms with van der Waals surface area (Å²) < 4.78 is 9.39. The van der Waals surface area contributed by atoms with Crippen molar-refractivity contribution < 1.29 is 4.74 Å². The normalized spacial score (nSPS) is 18.9. The Morgan fingerprint density at radius 1 is 1.25 bits per heavy atom. The van der Waals surface area contributed by atoms with Crippen molar-refractivity contribution in [2.45, 2.75) is 19.6 Å². The van der Waals surface area contributed by atoms with E-state index in [0.29, 0.717) is 6.54 Å². The molecule has 130 valence electrons. The summed E-state index contributed by atoms with van der Waals surface area (Å²) in [5.41, 5.74) is 2.72. The highest BCUT2D eigenvalue weighted by molar-refractivity contribution is 5.33. The predicted molar refractivity (Wildman–Crippen MR) is 94.7 cm³/mol. The number of hydrogen-bond donors (Lipinski definition) is 1. The number of benzene rings is 1. The van der Waals surface area contributed by atoms with Gasteiger partial charge in [0.15, 0.2) is 0 Å². The third kappa shape index (κ3) is 3.45. The second kappa shape index (κ2) is 7.34. The molecule has 1 aliphatic heterocycles. The molecule has 0 bridgehead atoms. The zero-order valence-corrected chi connectivity index (χ0v) is 14.7. The van der Waals surface area contributed by atoms with Crippen LogP contribution in [0.15, 0.2) is 35.1 Å². The van der Waals surface area contributed by atoms with Gasteiger partial charge in [-0.1, -0.05) is 18.2 Å². The van der Waals surface area contributed by atoms with Crippen LogP contribution in [0.25, 0.3) is 5.69 Å². The fraction of sp³-hybridized carbons (Fsp3) is 0.500. The molecule has 1 aromatic carbocycles. The van der Waals surface area contributed by atoms with E-state index in [1.54, 1.807) is 4.68 Å². The molecule has 24 heavy (non-hydrogen) atoms. The lowest BCUT2D eigenvalue weighted by Gasteiger charge is -2.30. The Morgan fingerprint density at radius 3 is 2.71 bits per heavy atom. The highest BCUT2D eigenvalue weighted by Gasteiger charge is 2.19. The molecule has 3 rings (SSSR count). The van der Waals surface area contributed by atoms with Crippen LogP contribution in [0, 0.1) is 6.92 Å². The summed E-state index contributed by atoms with van der Waals surface area (Å²) in [6.45, 7) is 5.98. The third-order valence-corrected chi connectivity index (χ3v) is 4.69. The molecule has 1 fully saturated rings. The van der Waals surface area contributed by atoms with Crippen LogP contribution in [0.4, 0.5) is 0 Å². The van der Waals surface area contributed by atoms with Gasteiger partial charge in [-0.3, -0.25) is 9.48 Å². The van der Waals surface area contributed by atoms with E-state index in [1.165, 1.54) is 0 Å². The van der Waals surface area contributed by atoms with Crippen LogP contribution in [0.1, 0.15) is 11.3 Å². The zero-order valence-electron chi connectivity index (χ0n) is 14.7. The highest BCUT2D eigenvalue weighted by Crippen LogP contribution is 2.10. The molecule has 1 saturated heterocycles. The van der Waals surface area contributed by atoms with Gasteiger partial charge in [-0.05, 0) is 26.1 Å². The Kier molecular flexibility index (Phi) is 5.18. The molecule has 2 heterocycles. The molecular weight excluding hydrogens is 304 g/mol. The van der Waals surface area contributed by atoms with Crippen LogP contribution in [0.2, 0.25) is 0 Å². The van der Waals surface area contributed by atoms with Crippen LogP contribution >= 0.6 is 0 Å². The molecule has 2 aromatic rings. The van der Waals surface area contributed by atoms with Gasteiger partial charge in [-0.2, -0.15) is 0 Å². The Morgan fingerprint density at radius 2 is 2.00 bits per heavy atom. The van der Waals surface area contributed by atoms with Crippen LogP contribution in [-0.4, -0.2) is 53.7 Å². The van der Waals surface area contributed by atoms with Crippen molar-refractivity contribution in [1.29, 1.82) is 0 Å². The highest BCUT2D eigenvalue weighted by atomic mass is 16.5. The van der Waals surface area contributed by atoms with E-state index in [-0.39, 0.29) is 11.7 Å². The van der Waals surface area contributed by atoms with E-state index in [9.17, 15) is 4.79 Å². The Hall–Kier alpha value is -1.89. The lowest BCUT2D eigenvalue weighted by Crippen LogP contribution is -2.44. The lowest BCUT2D eigenvalue weighted by molar-refractivity contribution is -0.0182. The van der Waals surface area contributed by atoms with Gasteiger partial charge in [0.1, 0.15) is 0 Å². The average molecular weight is 330 g/mol. The first-order valence-electron chi connectivity index (χ1n) is 8.41. The van der Waals surface area contributed by atoms with Crippen LogP contribution in [0.3, 0.4) is 0 Å². The molecule has 6 heteroatoms. The number of ether oxygens (including phenoxy) is 1. The maximum atomic E-state index is 12.8. The van der Waals surface area contributed by atoms with E-state index in [2.05, 4.69) is 17.3 Å². The summed E-state index contributed by atoms with van der Waals surface area (Å²) in [6, 6.07) is 9.74. The number of nitrogens with one attached hydrogen (secondary N) is 1. The monoisotopic (exact) mass is 330 g/mol. The van der Waals surface area contributed by atoms with Crippen molar-refractivity contribution in [1.82, 2.24) is 19.6 Å². The first-order chi connectivity index (χ1) is 11.6. The molecule has 0 saturated carbocycles. The molecule has 6 nitrogen and oxygen atoms in total. The minimum absolute atomic E-state index is 0.0374. The molecule has 1 aliphatic rings. The standard InChI is InChI=1S/C18H26N4O2/c1-14-17(12-19-11-16-13-20(2)9-10-24-16)18(23)22(21(14)3)15-7-5-4-6-8-15/h4-8,16,19H,9-13H2,1-3H3/t16-/m1/s1. The number of hydrogen-bond acceptors (Lipinski definition) is 4. The van der Waals surface area contributed by atoms with Crippen molar-refractivity contribution in [3.63, 3.8) is 0 Å². The minimum atomic E-state index is 0.0374. The van der Waals surface area contributed by atoms with E-state index in [1.807, 2.05) is 49.0 Å². The lowest BCUT2D eigenvalue weighted by atomic mass is 10.2. The minimum Gasteiger partial charge on any atom is -0.374 e. The second-order valence-corrected chi connectivity index (χ2v) is 6.43. The van der Waals surface area contributed by atoms with Gasteiger partial charge in [0.25, 0.3) is 5.56 Å². The first-order valence-corrected chi connectivity index (χ1v) is 8.41. The van der Waals surface area contributed by atoms with Crippen LogP contribution < -0.4 is 10.9 Å². The van der Waals surface area contributed by atoms with E-state index >= 15 is 0 Å². The number of nitrogens with zero attached hydrogens (tertiary/aromatic N) is 3. The van der Waals surface area contributed by atoms with Gasteiger partial charge in [0, 0.05) is 38.9 Å². The van der Waals surface area contributed by atoms with Crippen molar-refractivity contribution in [3.05, 3.63) is 51.9 Å². The van der Waals surface area contributed by atoms with Crippen LogP contribution in [0.5, 0.6) is 0 Å². The van der Waals surface area contributed by atoms with E-state index in [4.69, 9.17) is 4.74 Å². The summed E-state index contributed by atoms with van der Waals surface area (Å²) in [5, 5.41) is 3.39. The average Bonchev–Trinajstić information content (AvgIpc) is 2.79. The van der Waals surface area contributed by atoms with Gasteiger partial charge >= 0.3 is 0 Å². The number of rotatable bonds is 5. The summed E-state index contributed by atoms with van der Waals surface area (Å²) >= 11 is 0. The smallest absolute Gasteiger partial charge is 0.276 e. The molecule has 0 amide bonds. The molecule has 1 atom stereocenters. The van der Waals surface area contributed by atoms with Crippen LogP contribution in [-0.2, 0) is 18.3 Å². The number of likely N-dealkylation sites (N-methyl/N-ethyl adjacent to an activating group) is 1. The largest absolute Gasteiger partial charge is 0.374 e. The van der Waals surface area contributed by atoms with Gasteiger partial charge in [-0.15, -0.1) is 0 Å². The van der Waals surface area contributed by atoms with Crippen molar-refractivity contribution >= 4 is 0 Å². The first kappa shape index (κ1) is 17.0. The number of aromatic nitrogens is 2. The Labute approximate surface area is 142 Å². The van der Waals surface area contributed by atoms with Crippen molar-refractivity contribution in [2.75, 3.05) is 33.3 Å². The molecule has 0 unspecified atom stereocenters. The maximum Gasteiger partial charge on any atom is 0.276 e. The fourth-order valence-corrected chi connectivity index (χ4v) is 3.18. The summed E-state index contributed by atoms with van der Waals surface area (Å²) in [5.74, 6) is 0. The van der Waals surface area contributed by atoms with E-state index < -0.39 is 0 Å². The Balaban J connectivity index is 1.71. The zero-order chi connectivity index (χ0) is 17.1. The van der Waals surface area contributed by atoms with Gasteiger partial charge < -0.3 is 15.0 Å². The van der Waals surface area contributed by atoms with Crippen molar-refractivity contribution in [3.8, 4) is 5.69 Å². The molecule has 0 radical (unpaired) electrons. The van der Waals surface area contributed by atoms with Gasteiger partial charge in [0.05, 0.1) is 24.0 Å². The molecule has 1 N–H and O–H groups in total. The summed E-state index contributed by atoms with van der Waals surface area (Å²) in [7, 11) is 4.03. The molecule has 0 aliphatic carbocycles. The fourth-order valence-electron chi connectivity index (χ4n) is 3.18. The number of para-hydroxylation sites is 1. The predicted octanol–water partition coefficient (Wildman–Crippen LogP) is 0.905. The molecule has 0 spiro atoms. The van der Waals surface area contributed by atoms with E-state index in [0.717, 1.165) is 43.2 Å². The molecule has 1 aromatic heterocycles. The van der Waals surface area contributed by atoms with Gasteiger partial charge in [0.2, 0.25) is 0 Å². The summed E-state index contributed by atoms with van der Waals surface area (Å²) in [4.78, 5) is 15.1. The summed E-state index contributed by atoms with van der Waals surface area (Å²) in [6.07, 6.45) is 0.184. The third-order valence-electron chi connectivity index (χ3n) is 4.69. The SMILES string of the molecule is Cc1c(CNC[C@@H]2CN(C)CCO2)c(=O)n(-c2ccccc2)n1C. The second-order valence-electron chi connectivity index (χ2n) is 6.43. The number of morpholine rings is 1.